The average molecular weight is 312 g/mol. The van der Waals surface area contributed by atoms with Crippen molar-refractivity contribution in [3.05, 3.63) is 38.4 Å². The van der Waals surface area contributed by atoms with Crippen LogP contribution in [-0.4, -0.2) is 9.97 Å². The smallest absolute Gasteiger partial charge is 0.131 e. The van der Waals surface area contributed by atoms with Gasteiger partial charge in [0.15, 0.2) is 0 Å². The SMILES string of the molecule is CCc1nc(Br)cc(NCc2ccc(C)s2)n1. The molecule has 0 amide bonds. The van der Waals surface area contributed by atoms with E-state index in [2.05, 4.69) is 50.3 Å². The number of hydrogen-bond acceptors (Lipinski definition) is 4. The molecular formula is C12H14BrN3S. The summed E-state index contributed by atoms with van der Waals surface area (Å²) in [6.07, 6.45) is 0.840. The Morgan fingerprint density at radius 2 is 2.18 bits per heavy atom. The zero-order valence-corrected chi connectivity index (χ0v) is 12.2. The lowest BCUT2D eigenvalue weighted by atomic mass is 10.4. The van der Waals surface area contributed by atoms with Crippen molar-refractivity contribution < 1.29 is 0 Å². The molecular weight excluding hydrogens is 298 g/mol. The first-order valence-electron chi connectivity index (χ1n) is 5.50. The molecule has 2 aromatic rings. The van der Waals surface area contributed by atoms with Gasteiger partial charge in [-0.15, -0.1) is 11.3 Å². The first kappa shape index (κ1) is 12.5. The fourth-order valence-electron chi connectivity index (χ4n) is 1.47. The Balaban J connectivity index is 2.05. The van der Waals surface area contributed by atoms with Crippen molar-refractivity contribution in [2.24, 2.45) is 0 Å². The van der Waals surface area contributed by atoms with Crippen molar-refractivity contribution in [2.45, 2.75) is 26.8 Å². The van der Waals surface area contributed by atoms with Gasteiger partial charge in [-0.2, -0.15) is 0 Å². The molecule has 0 aliphatic carbocycles. The van der Waals surface area contributed by atoms with Gasteiger partial charge < -0.3 is 5.32 Å². The number of hydrogen-bond donors (Lipinski definition) is 1. The van der Waals surface area contributed by atoms with Crippen LogP contribution in [0.15, 0.2) is 22.8 Å². The highest BCUT2D eigenvalue weighted by molar-refractivity contribution is 9.10. The summed E-state index contributed by atoms with van der Waals surface area (Å²) in [4.78, 5) is 11.4. The van der Waals surface area contributed by atoms with E-state index in [1.54, 1.807) is 11.3 Å². The molecule has 1 N–H and O–H groups in total. The van der Waals surface area contributed by atoms with Gasteiger partial charge in [0, 0.05) is 22.2 Å². The molecule has 0 saturated heterocycles. The maximum Gasteiger partial charge on any atom is 0.131 e. The number of anilines is 1. The molecule has 0 aromatic carbocycles. The van der Waals surface area contributed by atoms with E-state index in [0.29, 0.717) is 0 Å². The number of rotatable bonds is 4. The van der Waals surface area contributed by atoms with E-state index in [1.807, 2.05) is 13.0 Å². The van der Waals surface area contributed by atoms with Crippen LogP contribution in [0.1, 0.15) is 22.5 Å². The number of nitrogens with zero attached hydrogens (tertiary/aromatic N) is 2. The standard InChI is InChI=1S/C12H14BrN3S/c1-3-11-15-10(13)6-12(16-11)14-7-9-5-4-8(2)17-9/h4-6H,3,7H2,1-2H3,(H,14,15,16). The van der Waals surface area contributed by atoms with Crippen LogP contribution in [0.2, 0.25) is 0 Å². The molecule has 0 fully saturated rings. The second-order valence-corrected chi connectivity index (χ2v) is 5.90. The lowest BCUT2D eigenvalue weighted by Crippen LogP contribution is -2.03. The number of thiophene rings is 1. The number of nitrogens with one attached hydrogen (secondary N) is 1. The Kier molecular flexibility index (Phi) is 4.12. The van der Waals surface area contributed by atoms with Crippen molar-refractivity contribution in [3.8, 4) is 0 Å². The third-order valence-electron chi connectivity index (χ3n) is 2.30. The molecule has 0 aliphatic heterocycles. The molecule has 0 radical (unpaired) electrons. The topological polar surface area (TPSA) is 37.8 Å². The van der Waals surface area contributed by atoms with E-state index in [4.69, 9.17) is 0 Å². The molecule has 2 aromatic heterocycles. The van der Waals surface area contributed by atoms with Crippen LogP contribution in [0.25, 0.3) is 0 Å². The second kappa shape index (κ2) is 5.60. The molecule has 0 unspecified atom stereocenters. The molecule has 2 heterocycles. The average Bonchev–Trinajstić information content (AvgIpc) is 2.72. The summed E-state index contributed by atoms with van der Waals surface area (Å²) < 4.78 is 0.828. The van der Waals surface area contributed by atoms with Crippen LogP contribution in [0.5, 0.6) is 0 Å². The van der Waals surface area contributed by atoms with Crippen LogP contribution in [-0.2, 0) is 13.0 Å². The zero-order valence-electron chi connectivity index (χ0n) is 9.83. The van der Waals surface area contributed by atoms with Crippen LogP contribution in [0.4, 0.5) is 5.82 Å². The van der Waals surface area contributed by atoms with Crippen LogP contribution in [0.3, 0.4) is 0 Å². The van der Waals surface area contributed by atoms with Gasteiger partial charge in [-0.05, 0) is 35.0 Å². The molecule has 2 rings (SSSR count). The van der Waals surface area contributed by atoms with Gasteiger partial charge in [-0.25, -0.2) is 9.97 Å². The highest BCUT2D eigenvalue weighted by atomic mass is 79.9. The van der Waals surface area contributed by atoms with E-state index in [-0.39, 0.29) is 0 Å². The predicted octanol–water partition coefficient (Wildman–Crippen LogP) is 3.78. The minimum atomic E-state index is 0.811. The summed E-state index contributed by atoms with van der Waals surface area (Å²) in [5.41, 5.74) is 0. The molecule has 5 heteroatoms. The van der Waals surface area contributed by atoms with Crippen LogP contribution in [0, 0.1) is 6.92 Å². The Morgan fingerprint density at radius 1 is 1.35 bits per heavy atom. The summed E-state index contributed by atoms with van der Waals surface area (Å²) in [5, 5.41) is 3.32. The Labute approximate surface area is 113 Å². The van der Waals surface area contributed by atoms with Gasteiger partial charge in [0.1, 0.15) is 16.2 Å². The van der Waals surface area contributed by atoms with Gasteiger partial charge in [-0.3, -0.25) is 0 Å². The Hall–Kier alpha value is -0.940. The van der Waals surface area contributed by atoms with E-state index in [0.717, 1.165) is 29.2 Å². The van der Waals surface area contributed by atoms with Crippen molar-refractivity contribution >= 4 is 33.1 Å². The summed E-state index contributed by atoms with van der Waals surface area (Å²) in [5.74, 6) is 1.72. The molecule has 90 valence electrons. The van der Waals surface area contributed by atoms with Crippen LogP contribution >= 0.6 is 27.3 Å². The van der Waals surface area contributed by atoms with E-state index in [9.17, 15) is 0 Å². The van der Waals surface area contributed by atoms with Crippen LogP contribution < -0.4 is 5.32 Å². The van der Waals surface area contributed by atoms with Crippen molar-refractivity contribution in [1.29, 1.82) is 0 Å². The van der Waals surface area contributed by atoms with Crippen molar-refractivity contribution in [3.63, 3.8) is 0 Å². The minimum Gasteiger partial charge on any atom is -0.365 e. The third kappa shape index (κ3) is 3.51. The number of aromatic nitrogens is 2. The Bertz CT molecular complexity index is 510. The molecule has 0 atom stereocenters. The summed E-state index contributed by atoms with van der Waals surface area (Å²) in [7, 11) is 0. The molecule has 0 bridgehead atoms. The lowest BCUT2D eigenvalue weighted by Gasteiger charge is -2.06. The summed E-state index contributed by atoms with van der Waals surface area (Å²) >= 11 is 5.20. The van der Waals surface area contributed by atoms with Gasteiger partial charge in [0.05, 0.1) is 6.54 Å². The fraction of sp³-hybridized carbons (Fsp3) is 0.333. The zero-order chi connectivity index (χ0) is 12.3. The normalized spacial score (nSPS) is 10.5. The maximum atomic E-state index is 4.43. The minimum absolute atomic E-state index is 0.811. The van der Waals surface area contributed by atoms with Gasteiger partial charge in [0.25, 0.3) is 0 Å². The van der Waals surface area contributed by atoms with Gasteiger partial charge in [-0.1, -0.05) is 6.92 Å². The molecule has 0 aliphatic rings. The lowest BCUT2D eigenvalue weighted by molar-refractivity contribution is 0.923. The quantitative estimate of drug-likeness (QED) is 0.873. The molecule has 17 heavy (non-hydrogen) atoms. The van der Waals surface area contributed by atoms with E-state index >= 15 is 0 Å². The first-order valence-corrected chi connectivity index (χ1v) is 7.11. The second-order valence-electron chi connectivity index (χ2n) is 3.71. The largest absolute Gasteiger partial charge is 0.365 e. The third-order valence-corrected chi connectivity index (χ3v) is 3.70. The van der Waals surface area contributed by atoms with Gasteiger partial charge >= 0.3 is 0 Å². The number of aryl methyl sites for hydroxylation is 2. The highest BCUT2D eigenvalue weighted by Crippen LogP contribution is 2.18. The summed E-state index contributed by atoms with van der Waals surface area (Å²) in [6.45, 7) is 4.98. The molecule has 0 spiro atoms. The predicted molar refractivity (Wildman–Crippen MR) is 75.5 cm³/mol. The van der Waals surface area contributed by atoms with E-state index in [1.165, 1.54) is 9.75 Å². The van der Waals surface area contributed by atoms with E-state index < -0.39 is 0 Å². The van der Waals surface area contributed by atoms with Crippen molar-refractivity contribution in [1.82, 2.24) is 9.97 Å². The van der Waals surface area contributed by atoms with Crippen molar-refractivity contribution in [2.75, 3.05) is 5.32 Å². The first-order chi connectivity index (χ1) is 8.17. The Morgan fingerprint density at radius 3 is 2.82 bits per heavy atom. The highest BCUT2D eigenvalue weighted by Gasteiger charge is 2.02. The van der Waals surface area contributed by atoms with Gasteiger partial charge in [0.2, 0.25) is 0 Å². The molecule has 0 saturated carbocycles. The summed E-state index contributed by atoms with van der Waals surface area (Å²) in [6, 6.07) is 6.18. The maximum absolute atomic E-state index is 4.43. The number of halogens is 1. The monoisotopic (exact) mass is 311 g/mol. The fourth-order valence-corrected chi connectivity index (χ4v) is 2.72. The molecule has 3 nitrogen and oxygen atoms in total.